The Hall–Kier alpha value is -1.35. The van der Waals surface area contributed by atoms with Gasteiger partial charge in [-0.1, -0.05) is 50.1 Å². The summed E-state index contributed by atoms with van der Waals surface area (Å²) in [5.74, 6) is 0.117. The van der Waals surface area contributed by atoms with Gasteiger partial charge in [0.25, 0.3) is 0 Å². The zero-order valence-corrected chi connectivity index (χ0v) is 12.5. The number of carbonyl (C=O) groups excluding carboxylic acids is 1. The second-order valence-corrected chi connectivity index (χ2v) is 5.43. The summed E-state index contributed by atoms with van der Waals surface area (Å²) in [5, 5.41) is 3.46. The predicted molar refractivity (Wildman–Crippen MR) is 80.7 cm³/mol. The molecule has 3 nitrogen and oxygen atoms in total. The minimum atomic E-state index is -0.551. The van der Waals surface area contributed by atoms with Gasteiger partial charge in [-0.15, -0.1) is 0 Å². The summed E-state index contributed by atoms with van der Waals surface area (Å²) in [6.07, 6.45) is 4.15. The van der Waals surface area contributed by atoms with Crippen LogP contribution in [0.4, 0.5) is 0 Å². The number of hydrogen-bond donors (Lipinski definition) is 1. The standard InChI is InChI=1S/C17H25NO2/c1-3-18-17(16(19)20-4-2)13-9-8-12-15(17)14-10-6-5-7-11-14/h5-7,10-11,15,18H,3-4,8-9,12-13H2,1-2H3. The number of ether oxygens (including phenoxy) is 1. The van der Waals surface area contributed by atoms with Crippen molar-refractivity contribution in [2.24, 2.45) is 0 Å². The molecule has 1 aliphatic carbocycles. The Balaban J connectivity index is 2.36. The van der Waals surface area contributed by atoms with E-state index < -0.39 is 5.54 Å². The van der Waals surface area contributed by atoms with Crippen LogP contribution in [0.25, 0.3) is 0 Å². The molecule has 1 saturated carbocycles. The summed E-state index contributed by atoms with van der Waals surface area (Å²) in [6.45, 7) is 5.14. The Kier molecular flexibility index (Phi) is 5.18. The maximum absolute atomic E-state index is 12.6. The number of likely N-dealkylation sites (N-methyl/N-ethyl adjacent to an activating group) is 1. The fourth-order valence-electron chi connectivity index (χ4n) is 3.41. The van der Waals surface area contributed by atoms with Gasteiger partial charge in [0.1, 0.15) is 5.54 Å². The third kappa shape index (κ3) is 2.88. The van der Waals surface area contributed by atoms with Crippen molar-refractivity contribution in [3.8, 4) is 0 Å². The molecule has 0 amide bonds. The molecule has 2 atom stereocenters. The van der Waals surface area contributed by atoms with Crippen LogP contribution in [0.2, 0.25) is 0 Å². The number of hydrogen-bond acceptors (Lipinski definition) is 3. The van der Waals surface area contributed by atoms with Gasteiger partial charge >= 0.3 is 5.97 Å². The molecule has 0 saturated heterocycles. The number of benzene rings is 1. The van der Waals surface area contributed by atoms with Crippen molar-refractivity contribution in [2.75, 3.05) is 13.2 Å². The molecule has 0 aromatic heterocycles. The van der Waals surface area contributed by atoms with Crippen molar-refractivity contribution >= 4 is 5.97 Å². The molecule has 1 aromatic carbocycles. The number of esters is 1. The molecule has 0 heterocycles. The molecule has 1 aromatic rings. The second-order valence-electron chi connectivity index (χ2n) is 5.43. The van der Waals surface area contributed by atoms with E-state index in [4.69, 9.17) is 4.74 Å². The van der Waals surface area contributed by atoms with Crippen molar-refractivity contribution in [2.45, 2.75) is 51.0 Å². The van der Waals surface area contributed by atoms with Gasteiger partial charge in [0.2, 0.25) is 0 Å². The summed E-state index contributed by atoms with van der Waals surface area (Å²) < 4.78 is 5.39. The average Bonchev–Trinajstić information content (AvgIpc) is 2.49. The molecular formula is C17H25NO2. The first kappa shape index (κ1) is 15.0. The van der Waals surface area contributed by atoms with E-state index in [0.29, 0.717) is 6.61 Å². The largest absolute Gasteiger partial charge is 0.465 e. The molecule has 1 fully saturated rings. The van der Waals surface area contributed by atoms with E-state index in [1.54, 1.807) is 0 Å². The zero-order valence-electron chi connectivity index (χ0n) is 12.5. The summed E-state index contributed by atoms with van der Waals surface area (Å²) in [7, 11) is 0. The van der Waals surface area contributed by atoms with Crippen LogP contribution < -0.4 is 5.32 Å². The molecular weight excluding hydrogens is 250 g/mol. The molecule has 2 unspecified atom stereocenters. The lowest BCUT2D eigenvalue weighted by Gasteiger charge is -2.42. The number of carbonyl (C=O) groups is 1. The quantitative estimate of drug-likeness (QED) is 0.838. The Morgan fingerprint density at radius 1 is 1.30 bits per heavy atom. The van der Waals surface area contributed by atoms with Gasteiger partial charge in [0.05, 0.1) is 6.61 Å². The van der Waals surface area contributed by atoms with Crippen LogP contribution in [0.15, 0.2) is 30.3 Å². The van der Waals surface area contributed by atoms with Crippen molar-refractivity contribution in [1.82, 2.24) is 5.32 Å². The molecule has 3 heteroatoms. The van der Waals surface area contributed by atoms with Crippen molar-refractivity contribution in [1.29, 1.82) is 0 Å². The highest BCUT2D eigenvalue weighted by molar-refractivity contribution is 5.82. The molecule has 2 rings (SSSR count). The van der Waals surface area contributed by atoms with E-state index in [2.05, 4.69) is 24.4 Å². The molecule has 1 N–H and O–H groups in total. The smallest absolute Gasteiger partial charge is 0.326 e. The monoisotopic (exact) mass is 275 g/mol. The van der Waals surface area contributed by atoms with Crippen LogP contribution in [-0.4, -0.2) is 24.7 Å². The van der Waals surface area contributed by atoms with E-state index in [1.807, 2.05) is 25.1 Å². The first-order chi connectivity index (χ1) is 9.74. The SMILES string of the molecule is CCNC1(C(=O)OCC)CCCCC1c1ccccc1. The molecule has 0 bridgehead atoms. The summed E-state index contributed by atoms with van der Waals surface area (Å²) in [4.78, 5) is 12.6. The molecule has 0 radical (unpaired) electrons. The van der Waals surface area contributed by atoms with E-state index in [0.717, 1.165) is 25.8 Å². The Morgan fingerprint density at radius 2 is 2.05 bits per heavy atom. The minimum absolute atomic E-state index is 0.0876. The van der Waals surface area contributed by atoms with E-state index >= 15 is 0 Å². The number of nitrogens with one attached hydrogen (secondary N) is 1. The third-order valence-electron chi connectivity index (χ3n) is 4.24. The average molecular weight is 275 g/mol. The predicted octanol–water partition coefficient (Wildman–Crippen LogP) is 3.26. The highest BCUT2D eigenvalue weighted by atomic mass is 16.5. The topological polar surface area (TPSA) is 38.3 Å². The van der Waals surface area contributed by atoms with Gasteiger partial charge in [-0.05, 0) is 31.9 Å². The second kappa shape index (κ2) is 6.89. The molecule has 110 valence electrons. The van der Waals surface area contributed by atoms with Crippen LogP contribution in [0, 0.1) is 0 Å². The van der Waals surface area contributed by atoms with Crippen LogP contribution in [0.3, 0.4) is 0 Å². The fraction of sp³-hybridized carbons (Fsp3) is 0.588. The molecule has 20 heavy (non-hydrogen) atoms. The van der Waals surface area contributed by atoms with Crippen molar-refractivity contribution in [3.05, 3.63) is 35.9 Å². The third-order valence-corrected chi connectivity index (χ3v) is 4.24. The van der Waals surface area contributed by atoms with Gasteiger partial charge in [-0.2, -0.15) is 0 Å². The lowest BCUT2D eigenvalue weighted by atomic mass is 9.69. The zero-order chi connectivity index (χ0) is 14.4. The normalized spacial score (nSPS) is 26.2. The van der Waals surface area contributed by atoms with Crippen LogP contribution >= 0.6 is 0 Å². The summed E-state index contributed by atoms with van der Waals surface area (Å²) in [6, 6.07) is 10.4. The summed E-state index contributed by atoms with van der Waals surface area (Å²) >= 11 is 0. The fourth-order valence-corrected chi connectivity index (χ4v) is 3.41. The molecule has 0 aliphatic heterocycles. The van der Waals surface area contributed by atoms with Crippen LogP contribution in [0.1, 0.15) is 51.0 Å². The van der Waals surface area contributed by atoms with Crippen molar-refractivity contribution in [3.63, 3.8) is 0 Å². The van der Waals surface area contributed by atoms with Gasteiger partial charge in [0, 0.05) is 5.92 Å². The molecule has 0 spiro atoms. The van der Waals surface area contributed by atoms with Gasteiger partial charge in [-0.3, -0.25) is 4.79 Å². The molecule has 1 aliphatic rings. The Bertz CT molecular complexity index is 428. The first-order valence-corrected chi connectivity index (χ1v) is 7.71. The van der Waals surface area contributed by atoms with Crippen molar-refractivity contribution < 1.29 is 9.53 Å². The highest BCUT2D eigenvalue weighted by Crippen LogP contribution is 2.41. The van der Waals surface area contributed by atoms with Gasteiger partial charge in [-0.25, -0.2) is 0 Å². The summed E-state index contributed by atoms with van der Waals surface area (Å²) in [5.41, 5.74) is 0.686. The van der Waals surface area contributed by atoms with E-state index in [-0.39, 0.29) is 11.9 Å². The van der Waals surface area contributed by atoms with Crippen LogP contribution in [0.5, 0.6) is 0 Å². The minimum Gasteiger partial charge on any atom is -0.465 e. The van der Waals surface area contributed by atoms with Gasteiger partial charge in [0.15, 0.2) is 0 Å². The maximum Gasteiger partial charge on any atom is 0.326 e. The Labute approximate surface area is 121 Å². The lowest BCUT2D eigenvalue weighted by Crippen LogP contribution is -2.58. The van der Waals surface area contributed by atoms with E-state index in [9.17, 15) is 4.79 Å². The first-order valence-electron chi connectivity index (χ1n) is 7.71. The Morgan fingerprint density at radius 3 is 2.70 bits per heavy atom. The number of rotatable bonds is 5. The highest BCUT2D eigenvalue weighted by Gasteiger charge is 2.48. The van der Waals surface area contributed by atoms with Crippen LogP contribution in [-0.2, 0) is 9.53 Å². The van der Waals surface area contributed by atoms with Gasteiger partial charge < -0.3 is 10.1 Å². The lowest BCUT2D eigenvalue weighted by molar-refractivity contribution is -0.153. The van der Waals surface area contributed by atoms with E-state index in [1.165, 1.54) is 12.0 Å². The maximum atomic E-state index is 12.6.